The first-order chi connectivity index (χ1) is 16.5. The van der Waals surface area contributed by atoms with E-state index < -0.39 is 0 Å². The second kappa shape index (κ2) is 9.06. The lowest BCUT2D eigenvalue weighted by Crippen LogP contribution is -2.27. The van der Waals surface area contributed by atoms with Crippen LogP contribution in [0.2, 0.25) is 0 Å². The molecule has 0 aliphatic carbocycles. The summed E-state index contributed by atoms with van der Waals surface area (Å²) in [6.07, 6.45) is 0.913. The summed E-state index contributed by atoms with van der Waals surface area (Å²) in [5.74, 6) is 0.375. The van der Waals surface area contributed by atoms with Crippen molar-refractivity contribution in [3.8, 4) is 11.3 Å². The minimum Gasteiger partial charge on any atom is -0.354 e. The van der Waals surface area contributed by atoms with Gasteiger partial charge in [0.2, 0.25) is 5.91 Å². The summed E-state index contributed by atoms with van der Waals surface area (Å²) in [6.45, 7) is 2.31. The number of para-hydroxylation sites is 2. The minimum absolute atomic E-state index is 0.0183. The molecule has 0 bridgehead atoms. The van der Waals surface area contributed by atoms with Crippen molar-refractivity contribution in [1.29, 1.82) is 0 Å². The number of amides is 1. The molecule has 5 rings (SSSR count). The number of H-pyrrole nitrogens is 1. The van der Waals surface area contributed by atoms with Gasteiger partial charge in [-0.1, -0.05) is 36.4 Å². The van der Waals surface area contributed by atoms with Gasteiger partial charge < -0.3 is 9.88 Å². The Morgan fingerprint density at radius 1 is 0.941 bits per heavy atom. The molecule has 2 heterocycles. The highest BCUT2D eigenvalue weighted by Gasteiger charge is 2.17. The van der Waals surface area contributed by atoms with Crippen molar-refractivity contribution in [2.24, 2.45) is 0 Å². The summed E-state index contributed by atoms with van der Waals surface area (Å²) in [7, 11) is 1.78. The highest BCUT2D eigenvalue weighted by molar-refractivity contribution is 5.91. The summed E-state index contributed by atoms with van der Waals surface area (Å²) in [4.78, 5) is 27.4. The first-order valence-electron chi connectivity index (χ1n) is 11.3. The van der Waals surface area contributed by atoms with E-state index in [0.717, 1.165) is 44.3 Å². The van der Waals surface area contributed by atoms with Crippen LogP contribution in [0, 0.1) is 12.7 Å². The van der Waals surface area contributed by atoms with Crippen molar-refractivity contribution in [1.82, 2.24) is 19.9 Å². The van der Waals surface area contributed by atoms with Gasteiger partial charge in [-0.2, -0.15) is 0 Å². The molecular weight excluding hydrogens is 427 g/mol. The van der Waals surface area contributed by atoms with Crippen molar-refractivity contribution in [3.63, 3.8) is 0 Å². The standard InChI is InChI=1S/C28H25FN4O/c1-18-21-7-3-5-9-24(21)31-26(30-18)17-33(2)27(34)16-15-23-22-8-4-6-10-25(22)32-28(23)19-11-13-20(29)14-12-19/h3-14,32H,15-17H2,1-2H3. The third-order valence-corrected chi connectivity index (χ3v) is 6.18. The van der Waals surface area contributed by atoms with Gasteiger partial charge in [0.15, 0.2) is 0 Å². The third kappa shape index (κ3) is 4.27. The Morgan fingerprint density at radius 2 is 1.65 bits per heavy atom. The molecule has 0 atom stereocenters. The van der Waals surface area contributed by atoms with E-state index >= 15 is 0 Å². The number of carbonyl (C=O) groups excluding carboxylic acids is 1. The number of aromatic nitrogens is 3. The lowest BCUT2D eigenvalue weighted by molar-refractivity contribution is -0.130. The van der Waals surface area contributed by atoms with Crippen LogP contribution < -0.4 is 0 Å². The molecule has 0 aliphatic rings. The SMILES string of the molecule is Cc1nc(CN(C)C(=O)CCc2c(-c3ccc(F)cc3)[nH]c3ccccc23)nc2ccccc12. The highest BCUT2D eigenvalue weighted by atomic mass is 19.1. The van der Waals surface area contributed by atoms with Crippen molar-refractivity contribution in [2.75, 3.05) is 7.05 Å². The number of hydrogen-bond acceptors (Lipinski definition) is 3. The van der Waals surface area contributed by atoms with Gasteiger partial charge in [0.25, 0.3) is 0 Å². The van der Waals surface area contributed by atoms with Crippen LogP contribution in [-0.2, 0) is 17.8 Å². The van der Waals surface area contributed by atoms with Gasteiger partial charge in [0.05, 0.1) is 12.1 Å². The fourth-order valence-electron chi connectivity index (χ4n) is 4.41. The van der Waals surface area contributed by atoms with Gasteiger partial charge in [-0.05, 0) is 60.9 Å². The largest absolute Gasteiger partial charge is 0.354 e. The number of nitrogens with one attached hydrogen (secondary N) is 1. The van der Waals surface area contributed by atoms with Gasteiger partial charge in [-0.25, -0.2) is 14.4 Å². The molecule has 5 nitrogen and oxygen atoms in total. The zero-order valence-corrected chi connectivity index (χ0v) is 19.2. The Kier molecular flexibility index (Phi) is 5.80. The molecule has 6 heteroatoms. The average molecular weight is 453 g/mol. The normalized spacial score (nSPS) is 11.3. The molecule has 1 amide bonds. The van der Waals surface area contributed by atoms with Crippen LogP contribution in [0.15, 0.2) is 72.8 Å². The predicted molar refractivity (Wildman–Crippen MR) is 133 cm³/mol. The molecule has 3 aromatic carbocycles. The van der Waals surface area contributed by atoms with E-state index in [1.165, 1.54) is 12.1 Å². The summed E-state index contributed by atoms with van der Waals surface area (Å²) >= 11 is 0. The minimum atomic E-state index is -0.274. The lowest BCUT2D eigenvalue weighted by Gasteiger charge is -2.17. The van der Waals surface area contributed by atoms with E-state index in [2.05, 4.69) is 15.0 Å². The average Bonchev–Trinajstić information content (AvgIpc) is 3.21. The van der Waals surface area contributed by atoms with E-state index in [1.807, 2.05) is 55.5 Å². The number of aryl methyl sites for hydroxylation is 2. The molecule has 0 spiro atoms. The quantitative estimate of drug-likeness (QED) is 0.353. The van der Waals surface area contributed by atoms with E-state index in [1.54, 1.807) is 24.1 Å². The van der Waals surface area contributed by atoms with Crippen LogP contribution in [0.1, 0.15) is 23.5 Å². The van der Waals surface area contributed by atoms with Crippen LogP contribution in [0.25, 0.3) is 33.1 Å². The van der Waals surface area contributed by atoms with Crippen LogP contribution in [-0.4, -0.2) is 32.8 Å². The van der Waals surface area contributed by atoms with Crippen LogP contribution in [0.5, 0.6) is 0 Å². The smallest absolute Gasteiger partial charge is 0.223 e. The highest BCUT2D eigenvalue weighted by Crippen LogP contribution is 2.31. The van der Waals surface area contributed by atoms with E-state index in [9.17, 15) is 9.18 Å². The number of fused-ring (bicyclic) bond motifs is 2. The van der Waals surface area contributed by atoms with Crippen molar-refractivity contribution >= 4 is 27.7 Å². The van der Waals surface area contributed by atoms with Gasteiger partial charge in [0.1, 0.15) is 11.6 Å². The van der Waals surface area contributed by atoms with Crippen LogP contribution >= 0.6 is 0 Å². The fraction of sp³-hybridized carbons (Fsp3) is 0.179. The monoisotopic (exact) mass is 452 g/mol. The second-order valence-electron chi connectivity index (χ2n) is 8.52. The molecular formula is C28H25FN4O. The van der Waals surface area contributed by atoms with Crippen molar-refractivity contribution in [2.45, 2.75) is 26.3 Å². The van der Waals surface area contributed by atoms with Gasteiger partial charge >= 0.3 is 0 Å². The Balaban J connectivity index is 1.35. The third-order valence-electron chi connectivity index (χ3n) is 6.18. The van der Waals surface area contributed by atoms with Crippen LogP contribution in [0.4, 0.5) is 4.39 Å². The maximum Gasteiger partial charge on any atom is 0.223 e. The zero-order valence-electron chi connectivity index (χ0n) is 19.2. The number of halogens is 1. The molecule has 5 aromatic rings. The zero-order chi connectivity index (χ0) is 23.7. The number of benzene rings is 3. The number of hydrogen-bond donors (Lipinski definition) is 1. The van der Waals surface area contributed by atoms with Crippen molar-refractivity contribution < 1.29 is 9.18 Å². The lowest BCUT2D eigenvalue weighted by atomic mass is 10.0. The Labute approximate surface area is 197 Å². The Bertz CT molecular complexity index is 1490. The molecule has 1 N–H and O–H groups in total. The Morgan fingerprint density at radius 3 is 2.44 bits per heavy atom. The van der Waals surface area contributed by atoms with Crippen molar-refractivity contribution in [3.05, 3.63) is 95.7 Å². The molecule has 0 radical (unpaired) electrons. The molecule has 34 heavy (non-hydrogen) atoms. The maximum absolute atomic E-state index is 13.5. The van der Waals surface area contributed by atoms with E-state index in [0.29, 0.717) is 25.2 Å². The summed E-state index contributed by atoms with van der Waals surface area (Å²) in [6, 6.07) is 22.3. The summed E-state index contributed by atoms with van der Waals surface area (Å²) in [5.41, 5.74) is 5.66. The van der Waals surface area contributed by atoms with Gasteiger partial charge in [0, 0.05) is 41.1 Å². The van der Waals surface area contributed by atoms with E-state index in [-0.39, 0.29) is 11.7 Å². The maximum atomic E-state index is 13.5. The predicted octanol–water partition coefficient (Wildman–Crippen LogP) is 5.82. The number of carbonyl (C=O) groups is 1. The molecule has 0 saturated heterocycles. The van der Waals surface area contributed by atoms with Crippen LogP contribution in [0.3, 0.4) is 0 Å². The summed E-state index contributed by atoms with van der Waals surface area (Å²) in [5, 5.41) is 2.10. The summed E-state index contributed by atoms with van der Waals surface area (Å²) < 4.78 is 13.5. The van der Waals surface area contributed by atoms with E-state index in [4.69, 9.17) is 0 Å². The molecule has 0 aliphatic heterocycles. The molecule has 170 valence electrons. The number of aromatic amines is 1. The Hall–Kier alpha value is -4.06. The first-order valence-corrected chi connectivity index (χ1v) is 11.3. The molecule has 0 saturated carbocycles. The fourth-order valence-corrected chi connectivity index (χ4v) is 4.41. The molecule has 0 fully saturated rings. The number of rotatable bonds is 6. The number of nitrogens with zero attached hydrogens (tertiary/aromatic N) is 3. The second-order valence-corrected chi connectivity index (χ2v) is 8.52. The van der Waals surface area contributed by atoms with Gasteiger partial charge in [-0.15, -0.1) is 0 Å². The topological polar surface area (TPSA) is 61.9 Å². The molecule has 0 unspecified atom stereocenters. The molecule has 2 aromatic heterocycles. The van der Waals surface area contributed by atoms with Gasteiger partial charge in [-0.3, -0.25) is 4.79 Å². The first kappa shape index (κ1) is 21.8.